The number of nitrogens with one attached hydrogen (secondary N) is 1. The Hall–Kier alpha value is -1.84. The third-order valence-corrected chi connectivity index (χ3v) is 3.83. The van der Waals surface area contributed by atoms with E-state index in [-0.39, 0.29) is 24.4 Å². The van der Waals surface area contributed by atoms with Crippen LogP contribution in [0.3, 0.4) is 0 Å². The van der Waals surface area contributed by atoms with Gasteiger partial charge in [0.2, 0.25) is 5.91 Å². The van der Waals surface area contributed by atoms with Crippen molar-refractivity contribution in [1.82, 2.24) is 5.32 Å². The van der Waals surface area contributed by atoms with Crippen LogP contribution in [0.4, 0.5) is 0 Å². The van der Waals surface area contributed by atoms with Gasteiger partial charge in [-0.15, -0.1) is 0 Å². The lowest BCUT2D eigenvalue weighted by Gasteiger charge is -2.20. The third-order valence-electron chi connectivity index (χ3n) is 3.48. The average molecular weight is 303 g/mol. The topological polar surface area (TPSA) is 55.1 Å². The van der Waals surface area contributed by atoms with E-state index in [0.717, 1.165) is 11.1 Å². The van der Waals surface area contributed by atoms with Gasteiger partial charge in [0, 0.05) is 11.6 Å². The molecule has 21 heavy (non-hydrogen) atoms. The van der Waals surface area contributed by atoms with Gasteiger partial charge < -0.3 is 11.1 Å². The highest BCUT2D eigenvalue weighted by Gasteiger charge is 2.21. The molecule has 2 aromatic rings. The molecule has 3 N–H and O–H groups in total. The van der Waals surface area contributed by atoms with Crippen LogP contribution < -0.4 is 11.1 Å². The molecule has 0 aliphatic carbocycles. The molecule has 2 atom stereocenters. The number of nitrogens with two attached hydrogens (primary N) is 1. The van der Waals surface area contributed by atoms with Crippen molar-refractivity contribution < 1.29 is 4.79 Å². The van der Waals surface area contributed by atoms with Crippen LogP contribution in [0, 0.1) is 0 Å². The maximum atomic E-state index is 12.4. The molecule has 0 aromatic heterocycles. The zero-order chi connectivity index (χ0) is 15.2. The normalized spacial score (nSPS) is 13.5. The molecule has 0 saturated carbocycles. The molecule has 0 bridgehead atoms. The molecule has 0 radical (unpaired) electrons. The molecular formula is C17H19ClN2O. The summed E-state index contributed by atoms with van der Waals surface area (Å²) in [6, 6.07) is 16.9. The van der Waals surface area contributed by atoms with Gasteiger partial charge in [-0.1, -0.05) is 60.1 Å². The molecule has 0 saturated heterocycles. The number of benzene rings is 2. The number of hydrogen-bond acceptors (Lipinski definition) is 2. The van der Waals surface area contributed by atoms with Gasteiger partial charge in [0.15, 0.2) is 0 Å². The highest BCUT2D eigenvalue weighted by Crippen LogP contribution is 2.23. The van der Waals surface area contributed by atoms with Gasteiger partial charge in [0.05, 0.1) is 12.0 Å². The molecule has 2 aromatic carbocycles. The van der Waals surface area contributed by atoms with E-state index < -0.39 is 0 Å². The lowest BCUT2D eigenvalue weighted by molar-refractivity contribution is -0.123. The zero-order valence-corrected chi connectivity index (χ0v) is 12.7. The van der Waals surface area contributed by atoms with Gasteiger partial charge in [0.25, 0.3) is 0 Å². The summed E-state index contributed by atoms with van der Waals surface area (Å²) in [6.07, 6.45) is 0. The van der Waals surface area contributed by atoms with Crippen LogP contribution in [0.1, 0.15) is 30.0 Å². The van der Waals surface area contributed by atoms with Gasteiger partial charge in [-0.2, -0.15) is 0 Å². The second-order valence-corrected chi connectivity index (χ2v) is 5.36. The molecule has 0 heterocycles. The highest BCUT2D eigenvalue weighted by molar-refractivity contribution is 6.31. The summed E-state index contributed by atoms with van der Waals surface area (Å²) in [4.78, 5) is 12.4. The number of hydrogen-bond donors (Lipinski definition) is 2. The number of carbonyl (C=O) groups is 1. The van der Waals surface area contributed by atoms with E-state index in [4.69, 9.17) is 17.3 Å². The standard InChI is InChI=1S/C17H19ClN2O/c1-12(14-9-5-6-10-16(14)18)20-17(21)15(11-19)13-7-3-2-4-8-13/h2-10,12,15H,11,19H2,1H3,(H,20,21). The Bertz CT molecular complexity index is 601. The SMILES string of the molecule is CC(NC(=O)C(CN)c1ccccc1)c1ccccc1Cl. The monoisotopic (exact) mass is 302 g/mol. The molecule has 0 aliphatic rings. The molecule has 2 rings (SSSR count). The molecule has 4 heteroatoms. The predicted molar refractivity (Wildman–Crippen MR) is 86.2 cm³/mol. The van der Waals surface area contributed by atoms with E-state index in [1.54, 1.807) is 0 Å². The fourth-order valence-corrected chi connectivity index (χ4v) is 2.60. The largest absolute Gasteiger partial charge is 0.349 e. The second-order valence-electron chi connectivity index (χ2n) is 4.95. The van der Waals surface area contributed by atoms with Crippen molar-refractivity contribution in [3.8, 4) is 0 Å². The Morgan fingerprint density at radius 3 is 2.38 bits per heavy atom. The first-order valence-corrected chi connectivity index (χ1v) is 7.31. The van der Waals surface area contributed by atoms with E-state index >= 15 is 0 Å². The van der Waals surface area contributed by atoms with Crippen LogP contribution in [0.15, 0.2) is 54.6 Å². The summed E-state index contributed by atoms with van der Waals surface area (Å²) in [5.74, 6) is -0.438. The van der Waals surface area contributed by atoms with E-state index in [9.17, 15) is 4.79 Å². The Labute approximate surface area is 130 Å². The van der Waals surface area contributed by atoms with E-state index in [2.05, 4.69) is 5.32 Å². The van der Waals surface area contributed by atoms with Crippen molar-refractivity contribution in [3.63, 3.8) is 0 Å². The summed E-state index contributed by atoms with van der Waals surface area (Å²) in [5.41, 5.74) is 7.58. The molecule has 3 nitrogen and oxygen atoms in total. The summed E-state index contributed by atoms with van der Waals surface area (Å²) in [6.45, 7) is 2.18. The van der Waals surface area contributed by atoms with Crippen LogP contribution in [0.25, 0.3) is 0 Å². The minimum absolute atomic E-state index is 0.0869. The highest BCUT2D eigenvalue weighted by atomic mass is 35.5. The smallest absolute Gasteiger partial charge is 0.229 e. The number of carbonyl (C=O) groups excluding carboxylic acids is 1. The Morgan fingerprint density at radius 2 is 1.76 bits per heavy atom. The fraction of sp³-hybridized carbons (Fsp3) is 0.235. The van der Waals surface area contributed by atoms with E-state index in [1.807, 2.05) is 61.5 Å². The number of halogens is 1. The zero-order valence-electron chi connectivity index (χ0n) is 11.9. The van der Waals surface area contributed by atoms with Crippen molar-refractivity contribution in [2.75, 3.05) is 6.54 Å². The van der Waals surface area contributed by atoms with Gasteiger partial charge in [-0.05, 0) is 24.1 Å². The van der Waals surface area contributed by atoms with Gasteiger partial charge in [-0.3, -0.25) is 4.79 Å². The van der Waals surface area contributed by atoms with E-state index in [0.29, 0.717) is 5.02 Å². The van der Waals surface area contributed by atoms with Crippen LogP contribution in [0.5, 0.6) is 0 Å². The van der Waals surface area contributed by atoms with Crippen molar-refractivity contribution in [2.24, 2.45) is 5.73 Å². The number of amides is 1. The van der Waals surface area contributed by atoms with Crippen molar-refractivity contribution in [1.29, 1.82) is 0 Å². The molecule has 110 valence electrons. The minimum Gasteiger partial charge on any atom is -0.349 e. The maximum absolute atomic E-state index is 12.4. The second kappa shape index (κ2) is 7.25. The quantitative estimate of drug-likeness (QED) is 0.890. The maximum Gasteiger partial charge on any atom is 0.229 e. The Balaban J connectivity index is 2.11. The molecular weight excluding hydrogens is 284 g/mol. The lowest BCUT2D eigenvalue weighted by atomic mass is 9.97. The van der Waals surface area contributed by atoms with Crippen molar-refractivity contribution in [2.45, 2.75) is 18.9 Å². The van der Waals surface area contributed by atoms with Crippen LogP contribution >= 0.6 is 11.6 Å². The molecule has 0 fully saturated rings. The first-order valence-electron chi connectivity index (χ1n) is 6.93. The number of rotatable bonds is 5. The summed E-state index contributed by atoms with van der Waals surface area (Å²) in [7, 11) is 0. The third kappa shape index (κ3) is 3.84. The summed E-state index contributed by atoms with van der Waals surface area (Å²) < 4.78 is 0. The molecule has 1 amide bonds. The first kappa shape index (κ1) is 15.5. The fourth-order valence-electron chi connectivity index (χ4n) is 2.30. The van der Waals surface area contributed by atoms with Crippen molar-refractivity contribution >= 4 is 17.5 Å². The summed E-state index contributed by atoms with van der Waals surface area (Å²) in [5, 5.41) is 3.63. The molecule has 0 spiro atoms. The van der Waals surface area contributed by atoms with Crippen LogP contribution in [0.2, 0.25) is 5.02 Å². The van der Waals surface area contributed by atoms with Gasteiger partial charge >= 0.3 is 0 Å². The molecule has 2 unspecified atom stereocenters. The van der Waals surface area contributed by atoms with Crippen LogP contribution in [-0.2, 0) is 4.79 Å². The van der Waals surface area contributed by atoms with Crippen molar-refractivity contribution in [3.05, 3.63) is 70.7 Å². The lowest BCUT2D eigenvalue weighted by Crippen LogP contribution is -2.35. The van der Waals surface area contributed by atoms with Gasteiger partial charge in [0.1, 0.15) is 0 Å². The first-order chi connectivity index (χ1) is 10.1. The Morgan fingerprint density at radius 1 is 1.14 bits per heavy atom. The van der Waals surface area contributed by atoms with Gasteiger partial charge in [-0.25, -0.2) is 0 Å². The molecule has 0 aliphatic heterocycles. The van der Waals surface area contributed by atoms with E-state index in [1.165, 1.54) is 0 Å². The summed E-state index contributed by atoms with van der Waals surface area (Å²) >= 11 is 6.16. The predicted octanol–water partition coefficient (Wildman–Crippen LogP) is 3.26. The van der Waals surface area contributed by atoms with Crippen LogP contribution in [-0.4, -0.2) is 12.5 Å². The minimum atomic E-state index is -0.351. The Kier molecular flexibility index (Phi) is 5.37. The average Bonchev–Trinajstić information content (AvgIpc) is 2.49.